The quantitative estimate of drug-likeness (QED) is 0.314. The number of carbonyl (C=O) groups is 3. The topological polar surface area (TPSA) is 111 Å². The van der Waals surface area contributed by atoms with Crippen LogP contribution in [-0.2, 0) is 11.3 Å². The Labute approximate surface area is 250 Å². The van der Waals surface area contributed by atoms with E-state index in [9.17, 15) is 19.5 Å². The van der Waals surface area contributed by atoms with Gasteiger partial charge in [-0.2, -0.15) is 0 Å². The summed E-state index contributed by atoms with van der Waals surface area (Å²) in [6, 6.07) is 9.42. The number of methoxy groups -OCH3 is 1. The molecule has 1 aliphatic carbocycles. The lowest BCUT2D eigenvalue weighted by Gasteiger charge is -2.34. The number of halogens is 1. The van der Waals surface area contributed by atoms with Crippen LogP contribution < -0.4 is 15.4 Å². The Balaban J connectivity index is 1.40. The molecule has 1 aliphatic heterocycles. The normalized spacial score (nSPS) is 19.4. The molecular formula is C31H41BrN4O5. The van der Waals surface area contributed by atoms with E-state index in [2.05, 4.69) is 47.3 Å². The molecule has 0 radical (unpaired) electrons. The number of likely N-dealkylation sites (N-methyl/N-ethyl adjacent to an activating group) is 1. The van der Waals surface area contributed by atoms with Crippen LogP contribution >= 0.6 is 15.9 Å². The Hall–Kier alpha value is -3.27. The predicted molar refractivity (Wildman–Crippen MR) is 164 cm³/mol. The number of nitrogens with one attached hydrogen (secondary N) is 2. The van der Waals surface area contributed by atoms with Crippen LogP contribution in [-0.4, -0.2) is 65.6 Å². The first-order chi connectivity index (χ1) is 19.3. The van der Waals surface area contributed by atoms with Crippen molar-refractivity contribution in [2.24, 2.45) is 11.3 Å². The van der Waals surface area contributed by atoms with E-state index in [1.807, 2.05) is 42.2 Å². The highest BCUT2D eigenvalue weighted by Gasteiger charge is 2.38. The summed E-state index contributed by atoms with van der Waals surface area (Å²) >= 11 is 3.68. The number of amides is 3. The van der Waals surface area contributed by atoms with Gasteiger partial charge in [-0.05, 0) is 67.3 Å². The average Bonchev–Trinajstić information content (AvgIpc) is 3.25. The number of ether oxygens (including phenoxy) is 1. The van der Waals surface area contributed by atoms with Crippen LogP contribution in [0.15, 0.2) is 34.8 Å². The van der Waals surface area contributed by atoms with Gasteiger partial charge in [-0.15, -0.1) is 0 Å². The van der Waals surface area contributed by atoms with Crippen molar-refractivity contribution in [3.05, 3.63) is 51.5 Å². The van der Waals surface area contributed by atoms with Gasteiger partial charge in [-0.3, -0.25) is 9.59 Å². The third-order valence-electron chi connectivity index (χ3n) is 8.37. The molecule has 0 saturated heterocycles. The maximum absolute atomic E-state index is 13.6. The number of fused-ring (bicyclic) bond motifs is 1. The van der Waals surface area contributed by atoms with Gasteiger partial charge in [0.1, 0.15) is 5.75 Å². The lowest BCUT2D eigenvalue weighted by molar-refractivity contribution is -0.121. The Kier molecular flexibility index (Phi) is 9.21. The van der Waals surface area contributed by atoms with Crippen LogP contribution in [0.1, 0.15) is 67.9 Å². The fourth-order valence-electron chi connectivity index (χ4n) is 5.64. The van der Waals surface area contributed by atoms with Crippen molar-refractivity contribution in [1.82, 2.24) is 9.80 Å². The molecule has 9 nitrogen and oxygen atoms in total. The second kappa shape index (κ2) is 12.3. The second-order valence-electron chi connectivity index (χ2n) is 12.3. The third kappa shape index (κ3) is 6.97. The maximum atomic E-state index is 13.6. The molecule has 2 aromatic carbocycles. The van der Waals surface area contributed by atoms with Crippen molar-refractivity contribution in [2.45, 2.75) is 72.0 Å². The number of hydrogen-bond acceptors (Lipinski definition) is 5. The van der Waals surface area contributed by atoms with E-state index in [-0.39, 0.29) is 35.2 Å². The summed E-state index contributed by atoms with van der Waals surface area (Å²) in [6.07, 6.45) is 2.00. The summed E-state index contributed by atoms with van der Waals surface area (Å²) < 4.78 is 6.23. The van der Waals surface area contributed by atoms with Crippen molar-refractivity contribution >= 4 is 45.2 Å². The van der Waals surface area contributed by atoms with Gasteiger partial charge in [0.25, 0.3) is 5.91 Å². The Bertz CT molecular complexity index is 1320. The summed E-state index contributed by atoms with van der Waals surface area (Å²) in [4.78, 5) is 41.2. The number of rotatable bonds is 8. The molecule has 2 aromatic rings. The van der Waals surface area contributed by atoms with Crippen LogP contribution in [0.4, 0.5) is 16.2 Å². The smallest absolute Gasteiger partial charge is 0.407 e. The minimum Gasteiger partial charge on any atom is -0.496 e. The van der Waals surface area contributed by atoms with E-state index in [0.717, 1.165) is 58.4 Å². The third-order valence-corrected chi connectivity index (χ3v) is 9.08. The summed E-state index contributed by atoms with van der Waals surface area (Å²) in [5.41, 5.74) is 3.91. The highest BCUT2D eigenvalue weighted by molar-refractivity contribution is 9.10. The molecule has 2 aliphatic rings. The fraction of sp³-hybridized carbons (Fsp3) is 0.516. The molecule has 3 N–H and O–H groups in total. The minimum absolute atomic E-state index is 0.000959. The number of benzene rings is 2. The summed E-state index contributed by atoms with van der Waals surface area (Å²) in [6.45, 7) is 8.98. The predicted octanol–water partition coefficient (Wildman–Crippen LogP) is 6.36. The van der Waals surface area contributed by atoms with Gasteiger partial charge < -0.3 is 30.3 Å². The van der Waals surface area contributed by atoms with Crippen LogP contribution in [0.2, 0.25) is 0 Å². The second-order valence-corrected chi connectivity index (χ2v) is 13.2. The molecule has 0 spiro atoms. The Morgan fingerprint density at radius 2 is 1.83 bits per heavy atom. The molecule has 1 heterocycles. The van der Waals surface area contributed by atoms with E-state index in [0.29, 0.717) is 18.7 Å². The van der Waals surface area contributed by atoms with Crippen LogP contribution in [0.25, 0.3) is 0 Å². The van der Waals surface area contributed by atoms with Gasteiger partial charge in [-0.1, -0.05) is 42.8 Å². The van der Waals surface area contributed by atoms with Gasteiger partial charge in [-0.25, -0.2) is 4.79 Å². The number of anilines is 2. The van der Waals surface area contributed by atoms with Crippen molar-refractivity contribution < 1.29 is 24.2 Å². The lowest BCUT2D eigenvalue weighted by Crippen LogP contribution is -2.44. The van der Waals surface area contributed by atoms with E-state index in [1.165, 1.54) is 4.90 Å². The molecule has 3 amide bonds. The number of carboxylic acid groups (broad SMARTS) is 1. The first-order valence-corrected chi connectivity index (χ1v) is 14.9. The van der Waals surface area contributed by atoms with Gasteiger partial charge in [0, 0.05) is 65.6 Å². The van der Waals surface area contributed by atoms with Crippen LogP contribution in [0.5, 0.6) is 5.75 Å². The molecule has 41 heavy (non-hydrogen) atoms. The van der Waals surface area contributed by atoms with Crippen LogP contribution in [0, 0.1) is 18.3 Å². The summed E-state index contributed by atoms with van der Waals surface area (Å²) in [7, 11) is 3.17. The van der Waals surface area contributed by atoms with Crippen LogP contribution in [0.3, 0.4) is 0 Å². The minimum atomic E-state index is -0.982. The molecule has 4 rings (SSSR count). The van der Waals surface area contributed by atoms with Crippen molar-refractivity contribution in [1.29, 1.82) is 0 Å². The average molecular weight is 630 g/mol. The van der Waals surface area contributed by atoms with E-state index >= 15 is 0 Å². The molecule has 1 saturated carbocycles. The zero-order chi connectivity index (χ0) is 30.1. The standard InChI is InChI=1S/C31H41BrN4O5/c1-18-7-10-20(15-26(18)41-6)34-28(37)19-8-11-22(12-9-19)36-16-24-23(29(36)38)13-21(14-25(24)32)33-27(31(2,3)4)17-35(5)30(39)40/h7,10,13-15,19,22,27,33H,8-9,11-12,16-17H2,1-6H3,(H,34,37)(H,39,40). The fourth-order valence-corrected chi connectivity index (χ4v) is 6.23. The molecule has 1 fully saturated rings. The maximum Gasteiger partial charge on any atom is 0.407 e. The van der Waals surface area contributed by atoms with E-state index < -0.39 is 6.09 Å². The van der Waals surface area contributed by atoms with Crippen molar-refractivity contribution in [3.8, 4) is 5.75 Å². The first-order valence-electron chi connectivity index (χ1n) is 14.1. The summed E-state index contributed by atoms with van der Waals surface area (Å²) in [5, 5.41) is 15.9. The van der Waals surface area contributed by atoms with Gasteiger partial charge in [0.2, 0.25) is 5.91 Å². The number of carbonyl (C=O) groups excluding carboxylic acids is 2. The zero-order valence-electron chi connectivity index (χ0n) is 24.7. The first kappa shape index (κ1) is 30.7. The molecule has 1 unspecified atom stereocenters. The SMILES string of the molecule is COc1cc(NC(=O)C2CCC(N3Cc4c(Br)cc(NC(CN(C)C(=O)O)C(C)(C)C)cc4C3=O)CC2)ccc1C. The Morgan fingerprint density at radius 1 is 1.15 bits per heavy atom. The molecule has 222 valence electrons. The lowest BCUT2D eigenvalue weighted by atomic mass is 9.84. The van der Waals surface area contributed by atoms with Crippen molar-refractivity contribution in [2.75, 3.05) is 31.3 Å². The molecule has 10 heteroatoms. The highest BCUT2D eigenvalue weighted by Crippen LogP contribution is 2.38. The largest absolute Gasteiger partial charge is 0.496 e. The number of nitrogens with zero attached hydrogens (tertiary/aromatic N) is 2. The summed E-state index contributed by atoms with van der Waals surface area (Å²) in [5.74, 6) is 0.647. The molecular weight excluding hydrogens is 588 g/mol. The molecule has 0 aromatic heterocycles. The van der Waals surface area contributed by atoms with Crippen molar-refractivity contribution in [3.63, 3.8) is 0 Å². The molecule has 0 bridgehead atoms. The number of hydrogen-bond donors (Lipinski definition) is 3. The highest BCUT2D eigenvalue weighted by atomic mass is 79.9. The Morgan fingerprint density at radius 3 is 2.44 bits per heavy atom. The van der Waals surface area contributed by atoms with E-state index in [4.69, 9.17) is 4.74 Å². The van der Waals surface area contributed by atoms with Gasteiger partial charge >= 0.3 is 6.09 Å². The monoisotopic (exact) mass is 628 g/mol. The van der Waals surface area contributed by atoms with Gasteiger partial charge in [0.05, 0.1) is 7.11 Å². The van der Waals surface area contributed by atoms with E-state index in [1.54, 1.807) is 14.2 Å². The molecule has 1 atom stereocenters. The zero-order valence-corrected chi connectivity index (χ0v) is 26.3. The number of aryl methyl sites for hydroxylation is 1. The van der Waals surface area contributed by atoms with Gasteiger partial charge in [0.15, 0.2) is 0 Å².